The lowest BCUT2D eigenvalue weighted by molar-refractivity contribution is 0.196. The Morgan fingerprint density at radius 2 is 2.12 bits per heavy atom. The molecular weight excluding hydrogens is 234 g/mol. The highest BCUT2D eigenvalue weighted by Gasteiger charge is 2.16. The number of hydrogen-bond acceptors (Lipinski definition) is 5. The van der Waals surface area contributed by atoms with Gasteiger partial charge in [-0.2, -0.15) is 0 Å². The van der Waals surface area contributed by atoms with Gasteiger partial charge in [-0.25, -0.2) is 9.97 Å². The van der Waals surface area contributed by atoms with Crippen LogP contribution in [-0.2, 0) is 6.42 Å². The van der Waals surface area contributed by atoms with E-state index in [9.17, 15) is 5.11 Å². The molecule has 2 N–H and O–H groups in total. The molecule has 4 nitrogen and oxygen atoms in total. The molecule has 2 atom stereocenters. The summed E-state index contributed by atoms with van der Waals surface area (Å²) in [5, 5.41) is 13.7. The van der Waals surface area contributed by atoms with E-state index >= 15 is 0 Å². The minimum absolute atomic E-state index is 0.130. The first-order valence-corrected chi connectivity index (χ1v) is 6.84. The van der Waals surface area contributed by atoms with Crippen LogP contribution in [0.5, 0.6) is 0 Å². The van der Waals surface area contributed by atoms with Gasteiger partial charge in [0.25, 0.3) is 0 Å². The lowest BCUT2D eigenvalue weighted by Gasteiger charge is -2.17. The molecule has 1 aromatic rings. The number of aliphatic hydroxyl groups excluding tert-OH is 1. The van der Waals surface area contributed by atoms with Crippen LogP contribution in [0.3, 0.4) is 0 Å². The molecule has 0 saturated carbocycles. The lowest BCUT2D eigenvalue weighted by Crippen LogP contribution is -2.16. The van der Waals surface area contributed by atoms with Crippen molar-refractivity contribution in [3.05, 3.63) is 11.9 Å². The van der Waals surface area contributed by atoms with Crippen molar-refractivity contribution in [3.63, 3.8) is 0 Å². The number of anilines is 1. The molecule has 0 aliphatic carbocycles. The molecule has 1 rings (SSSR count). The zero-order chi connectivity index (χ0) is 12.8. The van der Waals surface area contributed by atoms with Crippen LogP contribution in [0.1, 0.15) is 32.8 Å². The maximum absolute atomic E-state index is 9.55. The van der Waals surface area contributed by atoms with Crippen LogP contribution in [0, 0.1) is 0 Å². The van der Waals surface area contributed by atoms with Gasteiger partial charge in [-0.3, -0.25) is 0 Å². The van der Waals surface area contributed by atoms with Crippen LogP contribution < -0.4 is 5.32 Å². The van der Waals surface area contributed by atoms with E-state index in [1.165, 1.54) is 0 Å². The normalized spacial score (nSPS) is 14.4. The first-order valence-electron chi connectivity index (χ1n) is 5.96. The summed E-state index contributed by atoms with van der Waals surface area (Å²) in [5.74, 6) is 0.891. The Kier molecular flexibility index (Phi) is 5.71. The Morgan fingerprint density at radius 3 is 2.65 bits per heavy atom. The Morgan fingerprint density at radius 1 is 1.41 bits per heavy atom. The van der Waals surface area contributed by atoms with Crippen LogP contribution in [0.25, 0.3) is 0 Å². The molecule has 0 saturated heterocycles. The fourth-order valence-electron chi connectivity index (χ4n) is 1.46. The number of aliphatic hydroxyl groups is 1. The summed E-state index contributed by atoms with van der Waals surface area (Å²) in [6.45, 7) is 5.95. The summed E-state index contributed by atoms with van der Waals surface area (Å²) in [6, 6.07) is 0. The van der Waals surface area contributed by atoms with Gasteiger partial charge >= 0.3 is 0 Å². The number of thioether (sulfide) groups is 1. The van der Waals surface area contributed by atoms with Gasteiger partial charge in [-0.15, -0.1) is 11.8 Å². The van der Waals surface area contributed by atoms with E-state index in [1.54, 1.807) is 25.0 Å². The zero-order valence-electron chi connectivity index (χ0n) is 10.9. The first-order chi connectivity index (χ1) is 8.10. The molecule has 1 aromatic heterocycles. The molecule has 5 heteroatoms. The molecule has 1 heterocycles. The first kappa shape index (κ1) is 14.3. The predicted molar refractivity (Wildman–Crippen MR) is 72.6 cm³/mol. The third kappa shape index (κ3) is 3.85. The van der Waals surface area contributed by atoms with E-state index < -0.39 is 0 Å². The Hall–Kier alpha value is -0.810. The summed E-state index contributed by atoms with van der Waals surface area (Å²) in [6.07, 6.45) is 3.23. The molecule has 0 radical (unpaired) electrons. The average molecular weight is 255 g/mol. The maximum atomic E-state index is 9.55. The van der Waals surface area contributed by atoms with Gasteiger partial charge in [0.05, 0.1) is 6.10 Å². The van der Waals surface area contributed by atoms with Crippen molar-refractivity contribution in [1.82, 2.24) is 9.97 Å². The van der Waals surface area contributed by atoms with E-state index in [1.807, 2.05) is 14.0 Å². The fraction of sp³-hybridized carbons (Fsp3) is 0.667. The molecule has 0 amide bonds. The highest BCUT2D eigenvalue weighted by atomic mass is 32.2. The second-order valence-electron chi connectivity index (χ2n) is 4.07. The fourth-order valence-corrected chi connectivity index (χ4v) is 2.46. The standard InChI is InChI=1S/C12H21N3OS/c1-5-6-10-11(13-4)14-7-15-12(10)17-9(3)8(2)16/h7-9,16H,5-6H2,1-4H3,(H,13,14,15). The largest absolute Gasteiger partial charge is 0.392 e. The van der Waals surface area contributed by atoms with Gasteiger partial charge in [0.2, 0.25) is 0 Å². The minimum Gasteiger partial charge on any atom is -0.392 e. The summed E-state index contributed by atoms with van der Waals surface area (Å²) in [5.41, 5.74) is 1.15. The minimum atomic E-state index is -0.345. The van der Waals surface area contributed by atoms with E-state index in [2.05, 4.69) is 22.2 Å². The molecule has 0 aliphatic heterocycles. The van der Waals surface area contributed by atoms with Gasteiger partial charge in [-0.1, -0.05) is 20.3 Å². The Balaban J connectivity index is 2.97. The monoisotopic (exact) mass is 255 g/mol. The highest BCUT2D eigenvalue weighted by molar-refractivity contribution is 7.99. The van der Waals surface area contributed by atoms with Gasteiger partial charge in [0.1, 0.15) is 17.2 Å². The van der Waals surface area contributed by atoms with Crippen LogP contribution in [-0.4, -0.2) is 33.5 Å². The van der Waals surface area contributed by atoms with Gasteiger partial charge in [-0.05, 0) is 13.3 Å². The quantitative estimate of drug-likeness (QED) is 0.603. The van der Waals surface area contributed by atoms with Crippen LogP contribution in [0.2, 0.25) is 0 Å². The third-order valence-electron chi connectivity index (χ3n) is 2.62. The average Bonchev–Trinajstić information content (AvgIpc) is 2.31. The smallest absolute Gasteiger partial charge is 0.133 e. The van der Waals surface area contributed by atoms with Crippen molar-refractivity contribution in [2.75, 3.05) is 12.4 Å². The van der Waals surface area contributed by atoms with Crippen molar-refractivity contribution >= 4 is 17.6 Å². The van der Waals surface area contributed by atoms with E-state index in [0.29, 0.717) is 0 Å². The lowest BCUT2D eigenvalue weighted by atomic mass is 10.2. The summed E-state index contributed by atoms with van der Waals surface area (Å²) in [4.78, 5) is 8.56. The number of nitrogens with one attached hydrogen (secondary N) is 1. The molecule has 0 bridgehead atoms. The molecule has 2 unspecified atom stereocenters. The Labute approximate surface area is 107 Å². The van der Waals surface area contributed by atoms with Crippen molar-refractivity contribution in [2.24, 2.45) is 0 Å². The highest BCUT2D eigenvalue weighted by Crippen LogP contribution is 2.30. The number of aromatic nitrogens is 2. The molecule has 0 aromatic carbocycles. The number of nitrogens with zero attached hydrogens (tertiary/aromatic N) is 2. The molecule has 0 fully saturated rings. The van der Waals surface area contributed by atoms with Crippen molar-refractivity contribution in [3.8, 4) is 0 Å². The summed E-state index contributed by atoms with van der Waals surface area (Å²) in [7, 11) is 1.87. The van der Waals surface area contributed by atoms with E-state index in [-0.39, 0.29) is 11.4 Å². The van der Waals surface area contributed by atoms with Gasteiger partial charge < -0.3 is 10.4 Å². The molecular formula is C12H21N3OS. The van der Waals surface area contributed by atoms with Crippen molar-refractivity contribution < 1.29 is 5.11 Å². The predicted octanol–water partition coefficient (Wildman–Crippen LogP) is 2.33. The van der Waals surface area contributed by atoms with E-state index in [0.717, 1.165) is 29.2 Å². The zero-order valence-corrected chi connectivity index (χ0v) is 11.7. The summed E-state index contributed by atoms with van der Waals surface area (Å²) < 4.78 is 0. The van der Waals surface area contributed by atoms with Gasteiger partial charge in [0.15, 0.2) is 0 Å². The molecule has 17 heavy (non-hydrogen) atoms. The van der Waals surface area contributed by atoms with Crippen molar-refractivity contribution in [2.45, 2.75) is 50.0 Å². The van der Waals surface area contributed by atoms with Crippen LogP contribution >= 0.6 is 11.8 Å². The van der Waals surface area contributed by atoms with Gasteiger partial charge in [0, 0.05) is 17.9 Å². The molecule has 0 aliphatic rings. The molecule has 0 spiro atoms. The Bertz CT molecular complexity index is 358. The topological polar surface area (TPSA) is 58.0 Å². The van der Waals surface area contributed by atoms with Crippen molar-refractivity contribution in [1.29, 1.82) is 0 Å². The number of hydrogen-bond donors (Lipinski definition) is 2. The van der Waals surface area contributed by atoms with Crippen LogP contribution in [0.4, 0.5) is 5.82 Å². The summed E-state index contributed by atoms with van der Waals surface area (Å²) >= 11 is 1.61. The molecule has 96 valence electrons. The number of rotatable bonds is 6. The third-order valence-corrected chi connectivity index (χ3v) is 3.96. The SMILES string of the molecule is CCCc1c(NC)ncnc1SC(C)C(C)O. The van der Waals surface area contributed by atoms with Crippen LogP contribution in [0.15, 0.2) is 11.4 Å². The van der Waals surface area contributed by atoms with E-state index in [4.69, 9.17) is 0 Å². The second kappa shape index (κ2) is 6.81. The maximum Gasteiger partial charge on any atom is 0.133 e. The second-order valence-corrected chi connectivity index (χ2v) is 5.44.